The zero-order valence-corrected chi connectivity index (χ0v) is 5.09. The smallest absolute Gasteiger partial charge is 0.303 e. The van der Waals surface area contributed by atoms with Crippen molar-refractivity contribution in [2.75, 3.05) is 6.54 Å². The van der Waals surface area contributed by atoms with E-state index in [0.29, 0.717) is 0 Å². The molecular weight excluding hydrogens is 122 g/mol. The number of carbonyl (C=O) groups excluding carboxylic acids is 1. The lowest BCUT2D eigenvalue weighted by atomic mass is 10.2. The number of hydrogen-bond acceptors (Lipinski definition) is 2. The zero-order chi connectivity index (χ0) is 7.28. The SMILES string of the molecule is [NH3+]CC(=O)CCC(=O)O. The number of carbonyl (C=O) groups is 2. The van der Waals surface area contributed by atoms with Crippen LogP contribution in [0.5, 0.6) is 0 Å². The highest BCUT2D eigenvalue weighted by atomic mass is 16.4. The van der Waals surface area contributed by atoms with Crippen LogP contribution in [-0.2, 0) is 9.59 Å². The molecule has 0 aliphatic carbocycles. The van der Waals surface area contributed by atoms with Crippen molar-refractivity contribution >= 4 is 11.8 Å². The van der Waals surface area contributed by atoms with Crippen LogP contribution in [0, 0.1) is 0 Å². The Hall–Kier alpha value is -0.900. The fourth-order valence-electron chi connectivity index (χ4n) is 0.371. The van der Waals surface area contributed by atoms with Gasteiger partial charge in [0.25, 0.3) is 0 Å². The Morgan fingerprint density at radius 1 is 1.33 bits per heavy atom. The van der Waals surface area contributed by atoms with E-state index in [9.17, 15) is 9.59 Å². The average molecular weight is 132 g/mol. The van der Waals surface area contributed by atoms with Gasteiger partial charge in [-0.3, -0.25) is 9.59 Å². The number of carboxylic acid groups (broad SMARTS) is 1. The summed E-state index contributed by atoms with van der Waals surface area (Å²) < 4.78 is 0. The van der Waals surface area contributed by atoms with E-state index in [4.69, 9.17) is 5.11 Å². The van der Waals surface area contributed by atoms with E-state index < -0.39 is 5.97 Å². The van der Waals surface area contributed by atoms with Crippen LogP contribution in [0.25, 0.3) is 0 Å². The molecule has 0 aromatic rings. The number of aliphatic carboxylic acids is 1. The Morgan fingerprint density at radius 2 is 1.89 bits per heavy atom. The normalized spacial score (nSPS) is 9.00. The first-order valence-electron chi connectivity index (χ1n) is 2.69. The van der Waals surface area contributed by atoms with E-state index in [1.807, 2.05) is 0 Å². The van der Waals surface area contributed by atoms with Gasteiger partial charge < -0.3 is 10.8 Å². The van der Waals surface area contributed by atoms with Gasteiger partial charge in [-0.05, 0) is 0 Å². The Labute approximate surface area is 52.7 Å². The lowest BCUT2D eigenvalue weighted by Gasteiger charge is -1.88. The van der Waals surface area contributed by atoms with Gasteiger partial charge in [-0.15, -0.1) is 0 Å². The van der Waals surface area contributed by atoms with Crippen LogP contribution < -0.4 is 5.73 Å². The van der Waals surface area contributed by atoms with Gasteiger partial charge in [0, 0.05) is 6.42 Å². The van der Waals surface area contributed by atoms with Crippen molar-refractivity contribution in [3.05, 3.63) is 0 Å². The van der Waals surface area contributed by atoms with Gasteiger partial charge >= 0.3 is 5.97 Å². The number of hydrogen-bond donors (Lipinski definition) is 2. The highest BCUT2D eigenvalue weighted by Gasteiger charge is 2.03. The number of carboxylic acids is 1. The van der Waals surface area contributed by atoms with Gasteiger partial charge in [0.15, 0.2) is 5.78 Å². The second kappa shape index (κ2) is 4.03. The lowest BCUT2D eigenvalue weighted by Crippen LogP contribution is -2.54. The van der Waals surface area contributed by atoms with Crippen molar-refractivity contribution in [3.8, 4) is 0 Å². The molecule has 0 aliphatic rings. The van der Waals surface area contributed by atoms with Crippen LogP contribution in [-0.4, -0.2) is 23.4 Å². The summed E-state index contributed by atoms with van der Waals surface area (Å²) in [5.41, 5.74) is 3.32. The molecule has 4 heteroatoms. The molecule has 0 aromatic carbocycles. The summed E-state index contributed by atoms with van der Waals surface area (Å²) in [7, 11) is 0. The zero-order valence-electron chi connectivity index (χ0n) is 5.09. The predicted molar refractivity (Wildman–Crippen MR) is 29.6 cm³/mol. The molecule has 0 bridgehead atoms. The van der Waals surface area contributed by atoms with Gasteiger partial charge in [-0.2, -0.15) is 0 Å². The summed E-state index contributed by atoms with van der Waals surface area (Å²) in [5.74, 6) is -1.03. The molecule has 0 spiro atoms. The Kier molecular flexibility index (Phi) is 3.62. The highest BCUT2D eigenvalue weighted by molar-refractivity contribution is 5.82. The van der Waals surface area contributed by atoms with Crippen LogP contribution in [0.4, 0.5) is 0 Å². The standard InChI is InChI=1S/C5H9NO3/c6-3-4(7)1-2-5(8)9/h1-3,6H2,(H,8,9)/p+1. The number of Topliss-reactive ketones (excluding diaryl/α,β-unsaturated/α-hetero) is 1. The van der Waals surface area contributed by atoms with Crippen LogP contribution in [0.15, 0.2) is 0 Å². The third kappa shape index (κ3) is 4.96. The fraction of sp³-hybridized carbons (Fsp3) is 0.600. The van der Waals surface area contributed by atoms with Gasteiger partial charge in [0.2, 0.25) is 0 Å². The molecule has 0 rings (SSSR count). The Morgan fingerprint density at radius 3 is 2.22 bits per heavy atom. The summed E-state index contributed by atoms with van der Waals surface area (Å²) in [4.78, 5) is 20.2. The molecule has 0 radical (unpaired) electrons. The maximum Gasteiger partial charge on any atom is 0.303 e. The summed E-state index contributed by atoms with van der Waals surface area (Å²) in [6.07, 6.45) is 0.0349. The van der Waals surface area contributed by atoms with Crippen LogP contribution in [0.1, 0.15) is 12.8 Å². The minimum Gasteiger partial charge on any atom is -0.481 e. The number of rotatable bonds is 4. The van der Waals surface area contributed by atoms with Crippen LogP contribution in [0.3, 0.4) is 0 Å². The van der Waals surface area contributed by atoms with Crippen LogP contribution in [0.2, 0.25) is 0 Å². The molecule has 0 unspecified atom stereocenters. The van der Waals surface area contributed by atoms with E-state index in [1.165, 1.54) is 0 Å². The molecule has 52 valence electrons. The molecule has 0 aromatic heterocycles. The van der Waals surface area contributed by atoms with E-state index in [-0.39, 0.29) is 25.2 Å². The van der Waals surface area contributed by atoms with Crippen molar-refractivity contribution in [1.82, 2.24) is 0 Å². The van der Waals surface area contributed by atoms with Crippen molar-refractivity contribution < 1.29 is 20.4 Å². The molecule has 0 saturated heterocycles. The minimum absolute atomic E-state index is 0.0750. The van der Waals surface area contributed by atoms with E-state index >= 15 is 0 Å². The highest BCUT2D eigenvalue weighted by Crippen LogP contribution is 1.87. The van der Waals surface area contributed by atoms with Crippen molar-refractivity contribution in [3.63, 3.8) is 0 Å². The summed E-state index contributed by atoms with van der Waals surface area (Å²) >= 11 is 0. The molecule has 0 amide bonds. The summed E-state index contributed by atoms with van der Waals surface area (Å²) in [6, 6.07) is 0. The van der Waals surface area contributed by atoms with Gasteiger partial charge in [-0.1, -0.05) is 0 Å². The first kappa shape index (κ1) is 8.10. The van der Waals surface area contributed by atoms with Gasteiger partial charge in [0.1, 0.15) is 6.54 Å². The molecule has 9 heavy (non-hydrogen) atoms. The third-order valence-corrected chi connectivity index (χ3v) is 0.897. The van der Waals surface area contributed by atoms with E-state index in [2.05, 4.69) is 5.73 Å². The maximum atomic E-state index is 10.4. The average Bonchev–Trinajstić information content (AvgIpc) is 1.83. The summed E-state index contributed by atoms with van der Waals surface area (Å²) in [5, 5.41) is 8.09. The second-order valence-electron chi connectivity index (χ2n) is 1.68. The molecule has 0 fully saturated rings. The molecule has 4 N–H and O–H groups in total. The van der Waals surface area contributed by atoms with Crippen molar-refractivity contribution in [2.24, 2.45) is 0 Å². The van der Waals surface area contributed by atoms with Gasteiger partial charge in [0.05, 0.1) is 6.42 Å². The first-order valence-corrected chi connectivity index (χ1v) is 2.69. The molecule has 0 saturated carbocycles. The molecular formula is C5H10NO3+. The Bertz CT molecular complexity index is 121. The Balaban J connectivity index is 3.28. The molecule has 0 atom stereocenters. The molecule has 0 heterocycles. The predicted octanol–water partition coefficient (Wildman–Crippen LogP) is -1.34. The number of ketones is 1. The lowest BCUT2D eigenvalue weighted by molar-refractivity contribution is -0.354. The van der Waals surface area contributed by atoms with Gasteiger partial charge in [-0.25, -0.2) is 0 Å². The second-order valence-corrected chi connectivity index (χ2v) is 1.68. The van der Waals surface area contributed by atoms with Crippen molar-refractivity contribution in [1.29, 1.82) is 0 Å². The van der Waals surface area contributed by atoms with E-state index in [0.717, 1.165) is 0 Å². The maximum absolute atomic E-state index is 10.4. The molecule has 0 aliphatic heterocycles. The minimum atomic E-state index is -0.934. The topological polar surface area (TPSA) is 82.0 Å². The number of quaternary nitrogens is 1. The third-order valence-electron chi connectivity index (χ3n) is 0.897. The van der Waals surface area contributed by atoms with Crippen molar-refractivity contribution in [2.45, 2.75) is 12.8 Å². The fourth-order valence-corrected chi connectivity index (χ4v) is 0.371. The van der Waals surface area contributed by atoms with E-state index in [1.54, 1.807) is 0 Å². The monoisotopic (exact) mass is 132 g/mol. The quantitative estimate of drug-likeness (QED) is 0.496. The first-order chi connectivity index (χ1) is 4.16. The summed E-state index contributed by atoms with van der Waals surface area (Å²) in [6.45, 7) is 0.188. The largest absolute Gasteiger partial charge is 0.481 e. The molecule has 4 nitrogen and oxygen atoms in total. The van der Waals surface area contributed by atoms with Crippen LogP contribution >= 0.6 is 0 Å².